The predicted octanol–water partition coefficient (Wildman–Crippen LogP) is 4.85. The van der Waals surface area contributed by atoms with Crippen molar-refractivity contribution >= 4 is 17.5 Å². The molecule has 12 nitrogen and oxygen atoms in total. The van der Waals surface area contributed by atoms with E-state index < -0.39 is 107 Å². The number of rotatable bonds is 3. The number of carbonyl (C=O) groups is 3. The molecular formula is C45H74O12. The molecule has 12 heteroatoms. The van der Waals surface area contributed by atoms with Gasteiger partial charge < -0.3 is 44.8 Å². The maximum atomic E-state index is 13.5. The summed E-state index contributed by atoms with van der Waals surface area (Å²) in [6.45, 7) is 18.6. The fourth-order valence-electron chi connectivity index (χ4n) is 9.07. The summed E-state index contributed by atoms with van der Waals surface area (Å²) in [4.78, 5) is 40.6. The van der Waals surface area contributed by atoms with Crippen LogP contribution in [-0.4, -0.2) is 108 Å². The number of ether oxygens (including phenoxy) is 3. The highest BCUT2D eigenvalue weighted by molar-refractivity contribution is 5.91. The summed E-state index contributed by atoms with van der Waals surface area (Å²) >= 11 is 0. The largest absolute Gasteiger partial charge is 0.458 e. The second-order valence-corrected chi connectivity index (χ2v) is 18.1. The third-order valence-corrected chi connectivity index (χ3v) is 13.5. The average Bonchev–Trinajstić information content (AvgIpc) is 3.17. The monoisotopic (exact) mass is 807 g/mol. The molecule has 326 valence electrons. The van der Waals surface area contributed by atoms with E-state index in [1.54, 1.807) is 32.9 Å². The van der Waals surface area contributed by atoms with Gasteiger partial charge in [-0.05, 0) is 51.4 Å². The summed E-state index contributed by atoms with van der Waals surface area (Å²) in [5.41, 5.74) is -2.22. The Balaban J connectivity index is 2.02. The Kier molecular flexibility index (Phi) is 17.9. The normalized spacial score (nSPS) is 45.8. The van der Waals surface area contributed by atoms with E-state index in [4.69, 9.17) is 14.2 Å². The van der Waals surface area contributed by atoms with Gasteiger partial charge >= 0.3 is 5.97 Å². The quantitative estimate of drug-likeness (QED) is 0.212. The first kappa shape index (κ1) is 49.1. The van der Waals surface area contributed by atoms with Crippen LogP contribution in [-0.2, 0) is 28.6 Å². The number of esters is 1. The lowest BCUT2D eigenvalue weighted by molar-refractivity contribution is -0.372. The highest BCUT2D eigenvalue weighted by Crippen LogP contribution is 2.49. The summed E-state index contributed by atoms with van der Waals surface area (Å²) in [7, 11) is 0. The minimum atomic E-state index is -2.22. The van der Waals surface area contributed by atoms with Crippen LogP contribution in [0.4, 0.5) is 0 Å². The number of Topliss-reactive ketones (excluding diaryl/α,β-unsaturated/α-hetero) is 2. The molecule has 6 N–H and O–H groups in total. The van der Waals surface area contributed by atoms with Gasteiger partial charge in [0.25, 0.3) is 0 Å². The van der Waals surface area contributed by atoms with Crippen LogP contribution in [0.3, 0.4) is 0 Å². The van der Waals surface area contributed by atoms with Gasteiger partial charge in [0.2, 0.25) is 0 Å². The number of allylic oxidation sites excluding steroid dienone is 3. The van der Waals surface area contributed by atoms with Crippen molar-refractivity contribution in [2.45, 2.75) is 175 Å². The summed E-state index contributed by atoms with van der Waals surface area (Å²) in [6.07, 6.45) is 5.74. The smallest absolute Gasteiger partial charge is 0.330 e. The zero-order chi connectivity index (χ0) is 43.2. The zero-order valence-electron chi connectivity index (χ0n) is 36.2. The van der Waals surface area contributed by atoms with Crippen LogP contribution in [0.15, 0.2) is 36.5 Å². The Morgan fingerprint density at radius 3 is 2.11 bits per heavy atom. The number of carbonyl (C=O) groups excluding carboxylic acids is 3. The van der Waals surface area contributed by atoms with Crippen molar-refractivity contribution in [3.05, 3.63) is 36.5 Å². The first-order chi connectivity index (χ1) is 26.5. The molecule has 3 aliphatic heterocycles. The standard InChI is InChI=1S/C45H74O12/c1-12-33-17-15-13-14-16-26(4)42(52)44(11,54)43(53)31(9)40(51)30(8)39(50)29(7)38(49)25(3)18-19-37(48)55-41-28(6)36(23-34(33)47)57-45(32(41)10)21-20-24(2)35(56-45)22-27(5)46/h13-15,17-19,24-36,38,40-42,46-47,49,51-52,54H,12,16,20-23H2,1-11H3/t24?,25?,26?,27?,28?,29?,30?,31?,32?,33?,34?,35?,36?,38?,40?,41?,42?,44-,45+/m1/s1. The molecule has 57 heavy (non-hydrogen) atoms. The van der Waals surface area contributed by atoms with Crippen LogP contribution >= 0.6 is 0 Å². The van der Waals surface area contributed by atoms with E-state index in [0.29, 0.717) is 25.7 Å². The van der Waals surface area contributed by atoms with Crippen molar-refractivity contribution in [1.29, 1.82) is 0 Å². The summed E-state index contributed by atoms with van der Waals surface area (Å²) in [5.74, 6) is -8.49. The van der Waals surface area contributed by atoms with Crippen molar-refractivity contribution < 1.29 is 59.2 Å². The maximum absolute atomic E-state index is 13.5. The number of ketones is 2. The van der Waals surface area contributed by atoms with Gasteiger partial charge in [-0.1, -0.05) is 92.7 Å². The topological polar surface area (TPSA) is 200 Å². The molecule has 0 aliphatic carbocycles. The van der Waals surface area contributed by atoms with E-state index in [-0.39, 0.29) is 30.3 Å². The summed E-state index contributed by atoms with van der Waals surface area (Å²) in [6, 6.07) is 0. The second-order valence-electron chi connectivity index (χ2n) is 18.1. The van der Waals surface area contributed by atoms with E-state index in [1.165, 1.54) is 39.8 Å². The van der Waals surface area contributed by atoms with Gasteiger partial charge in [-0.25, -0.2) is 4.79 Å². The zero-order valence-corrected chi connectivity index (χ0v) is 36.2. The van der Waals surface area contributed by atoms with Gasteiger partial charge in [0.05, 0.1) is 42.7 Å². The van der Waals surface area contributed by atoms with Crippen LogP contribution in [0.2, 0.25) is 0 Å². The van der Waals surface area contributed by atoms with Crippen molar-refractivity contribution in [3.8, 4) is 0 Å². The molecule has 3 aliphatic rings. The van der Waals surface area contributed by atoms with Gasteiger partial charge in [-0.15, -0.1) is 0 Å². The Bertz CT molecular complexity index is 1420. The third kappa shape index (κ3) is 11.7. The predicted molar refractivity (Wildman–Crippen MR) is 216 cm³/mol. The van der Waals surface area contributed by atoms with Crippen LogP contribution in [0, 0.1) is 53.3 Å². The highest BCUT2D eigenvalue weighted by Gasteiger charge is 2.56. The second kappa shape index (κ2) is 20.8. The molecule has 0 amide bonds. The molecule has 0 saturated carbocycles. The van der Waals surface area contributed by atoms with Crippen LogP contribution in [0.25, 0.3) is 0 Å². The van der Waals surface area contributed by atoms with Crippen molar-refractivity contribution in [2.24, 2.45) is 53.3 Å². The van der Waals surface area contributed by atoms with Gasteiger partial charge in [0, 0.05) is 60.3 Å². The number of aliphatic hydroxyl groups is 6. The SMILES string of the molecule is CCC1C=CC=CCC(C)C(O)[C@@](C)(O)C(=O)C(C)C(O)C(C)C(=O)C(C)C(O)C(C)C=CC(=O)OC2C(C)C(CC1O)O[C@@]1(CCC(C)C(CC(C)O)O1)C2C. The van der Waals surface area contributed by atoms with Crippen molar-refractivity contribution in [3.63, 3.8) is 0 Å². The number of hydrogen-bond donors (Lipinski definition) is 6. The molecule has 1 spiro atoms. The fourth-order valence-corrected chi connectivity index (χ4v) is 9.07. The van der Waals surface area contributed by atoms with Gasteiger partial charge in [-0.3, -0.25) is 9.59 Å². The van der Waals surface area contributed by atoms with Gasteiger partial charge in [-0.2, -0.15) is 0 Å². The highest BCUT2D eigenvalue weighted by atomic mass is 16.7. The molecule has 3 rings (SSSR count). The molecule has 3 heterocycles. The third-order valence-electron chi connectivity index (χ3n) is 13.5. The average molecular weight is 807 g/mol. The van der Waals surface area contributed by atoms with E-state index in [0.717, 1.165) is 6.42 Å². The Morgan fingerprint density at radius 1 is 0.860 bits per heavy atom. The molecule has 0 aromatic rings. The van der Waals surface area contributed by atoms with E-state index >= 15 is 0 Å². The Hall–Kier alpha value is -2.29. The van der Waals surface area contributed by atoms with Crippen LogP contribution in [0.1, 0.15) is 115 Å². The van der Waals surface area contributed by atoms with Crippen LogP contribution in [0.5, 0.6) is 0 Å². The number of aliphatic hydroxyl groups excluding tert-OH is 5. The minimum absolute atomic E-state index is 0.164. The van der Waals surface area contributed by atoms with Gasteiger partial charge in [0.1, 0.15) is 17.5 Å². The van der Waals surface area contributed by atoms with E-state index in [9.17, 15) is 45.0 Å². The minimum Gasteiger partial charge on any atom is -0.458 e. The lowest BCUT2D eigenvalue weighted by atomic mass is 9.74. The van der Waals surface area contributed by atoms with Crippen molar-refractivity contribution in [2.75, 3.05) is 0 Å². The molecular weight excluding hydrogens is 732 g/mol. The summed E-state index contributed by atoms with van der Waals surface area (Å²) in [5, 5.41) is 66.7. The van der Waals surface area contributed by atoms with E-state index in [1.807, 2.05) is 32.9 Å². The summed E-state index contributed by atoms with van der Waals surface area (Å²) < 4.78 is 19.8. The first-order valence-corrected chi connectivity index (χ1v) is 21.3. The maximum Gasteiger partial charge on any atom is 0.330 e. The molecule has 0 aromatic carbocycles. The van der Waals surface area contributed by atoms with E-state index in [2.05, 4.69) is 6.92 Å². The molecule has 2 saturated heterocycles. The Morgan fingerprint density at radius 2 is 1.49 bits per heavy atom. The number of hydrogen-bond acceptors (Lipinski definition) is 12. The van der Waals surface area contributed by atoms with Crippen molar-refractivity contribution in [1.82, 2.24) is 0 Å². The molecule has 2 fully saturated rings. The molecule has 0 aromatic heterocycles. The van der Waals surface area contributed by atoms with Crippen LogP contribution < -0.4 is 0 Å². The number of fused-ring (bicyclic) bond motifs is 2. The molecule has 19 atom stereocenters. The molecule has 17 unspecified atom stereocenters. The molecule has 2 bridgehead atoms. The first-order valence-electron chi connectivity index (χ1n) is 21.3. The lowest BCUT2D eigenvalue weighted by Crippen LogP contribution is -2.62. The molecule has 0 radical (unpaired) electrons. The lowest BCUT2D eigenvalue weighted by Gasteiger charge is -2.55. The van der Waals surface area contributed by atoms with Gasteiger partial charge in [0.15, 0.2) is 11.6 Å². The Labute approximate surface area is 340 Å². The fraction of sp³-hybridized carbons (Fsp3) is 0.800.